The summed E-state index contributed by atoms with van der Waals surface area (Å²) in [7, 11) is 3.56. The molecule has 4 heteroatoms. The summed E-state index contributed by atoms with van der Waals surface area (Å²) in [6.07, 6.45) is 0. The highest BCUT2D eigenvalue weighted by Gasteiger charge is 2.25. The predicted octanol–water partition coefficient (Wildman–Crippen LogP) is 2.28. The molecule has 3 nitrogen and oxygen atoms in total. The molecule has 0 radical (unpaired) electrons. The van der Waals surface area contributed by atoms with Gasteiger partial charge in [0.1, 0.15) is 5.82 Å². The average molecular weight is 252 g/mol. The number of amides is 1. The lowest BCUT2D eigenvalue weighted by Crippen LogP contribution is -2.40. The Morgan fingerprint density at radius 1 is 1.33 bits per heavy atom. The Balaban J connectivity index is 2.84. The van der Waals surface area contributed by atoms with Crippen LogP contribution in [0.2, 0.25) is 0 Å². The Hall–Kier alpha value is -1.42. The Kier molecular flexibility index (Phi) is 5.28. The van der Waals surface area contributed by atoms with Gasteiger partial charge in [0.15, 0.2) is 0 Å². The van der Waals surface area contributed by atoms with Crippen molar-refractivity contribution in [3.05, 3.63) is 30.1 Å². The molecule has 0 heterocycles. The molecule has 1 N–H and O–H groups in total. The van der Waals surface area contributed by atoms with Crippen molar-refractivity contribution in [3.8, 4) is 0 Å². The second-order valence-electron chi connectivity index (χ2n) is 4.78. The van der Waals surface area contributed by atoms with Crippen molar-refractivity contribution < 1.29 is 9.18 Å². The first-order chi connectivity index (χ1) is 8.47. The third-order valence-electron chi connectivity index (χ3n) is 3.09. The number of halogens is 1. The Labute approximate surface area is 108 Å². The van der Waals surface area contributed by atoms with E-state index in [-0.39, 0.29) is 23.6 Å². The normalized spacial score (nSPS) is 12.6. The van der Waals surface area contributed by atoms with Crippen LogP contribution in [0.1, 0.15) is 13.8 Å². The minimum absolute atomic E-state index is 0.0472. The second-order valence-corrected chi connectivity index (χ2v) is 4.78. The molecule has 0 aromatic heterocycles. The summed E-state index contributed by atoms with van der Waals surface area (Å²) >= 11 is 0. The maximum Gasteiger partial charge on any atom is 0.231 e. The van der Waals surface area contributed by atoms with Crippen molar-refractivity contribution in [2.45, 2.75) is 13.8 Å². The number of nitrogens with one attached hydrogen (secondary N) is 1. The van der Waals surface area contributed by atoms with E-state index in [1.807, 2.05) is 20.9 Å². The molecular formula is C14H21FN2O. The van der Waals surface area contributed by atoms with E-state index >= 15 is 0 Å². The van der Waals surface area contributed by atoms with E-state index in [4.69, 9.17) is 0 Å². The molecule has 0 aliphatic rings. The SMILES string of the molecule is CNCC(C(=O)N(C)c1ccc(F)cc1)C(C)C. The Morgan fingerprint density at radius 2 is 1.89 bits per heavy atom. The molecule has 1 unspecified atom stereocenters. The van der Waals surface area contributed by atoms with Crippen LogP contribution < -0.4 is 10.2 Å². The fourth-order valence-electron chi connectivity index (χ4n) is 1.87. The standard InChI is InChI=1S/C14H21FN2O/c1-10(2)13(9-16-3)14(18)17(4)12-7-5-11(15)6-8-12/h5-8,10,13,16H,9H2,1-4H3. The van der Waals surface area contributed by atoms with E-state index < -0.39 is 0 Å². The van der Waals surface area contributed by atoms with Crippen molar-refractivity contribution in [1.29, 1.82) is 0 Å². The van der Waals surface area contributed by atoms with Crippen LogP contribution in [-0.2, 0) is 4.79 Å². The maximum atomic E-state index is 12.8. The number of hydrogen-bond acceptors (Lipinski definition) is 2. The molecule has 1 rings (SSSR count). The summed E-state index contributed by atoms with van der Waals surface area (Å²) in [5.74, 6) is -0.0703. The highest BCUT2D eigenvalue weighted by Crippen LogP contribution is 2.19. The van der Waals surface area contributed by atoms with Gasteiger partial charge in [0.2, 0.25) is 5.91 Å². The zero-order chi connectivity index (χ0) is 13.7. The van der Waals surface area contributed by atoms with Gasteiger partial charge in [-0.05, 0) is 37.2 Å². The molecule has 1 aromatic carbocycles. The van der Waals surface area contributed by atoms with Crippen LogP contribution in [0.5, 0.6) is 0 Å². The van der Waals surface area contributed by atoms with Crippen molar-refractivity contribution in [2.24, 2.45) is 11.8 Å². The van der Waals surface area contributed by atoms with Crippen molar-refractivity contribution in [3.63, 3.8) is 0 Å². The number of anilines is 1. The summed E-state index contributed by atoms with van der Waals surface area (Å²) in [4.78, 5) is 13.9. The molecule has 1 aromatic rings. The van der Waals surface area contributed by atoms with Gasteiger partial charge < -0.3 is 10.2 Å². The second kappa shape index (κ2) is 6.50. The highest BCUT2D eigenvalue weighted by molar-refractivity contribution is 5.94. The number of carbonyl (C=O) groups is 1. The lowest BCUT2D eigenvalue weighted by atomic mass is 9.94. The lowest BCUT2D eigenvalue weighted by Gasteiger charge is -2.26. The molecule has 0 fully saturated rings. The first kappa shape index (κ1) is 14.6. The van der Waals surface area contributed by atoms with E-state index in [1.165, 1.54) is 12.1 Å². The molecule has 0 saturated heterocycles. The topological polar surface area (TPSA) is 32.3 Å². The van der Waals surface area contributed by atoms with E-state index in [9.17, 15) is 9.18 Å². The first-order valence-electron chi connectivity index (χ1n) is 6.15. The molecule has 0 aliphatic heterocycles. The fourth-order valence-corrected chi connectivity index (χ4v) is 1.87. The van der Waals surface area contributed by atoms with E-state index in [1.54, 1.807) is 24.1 Å². The number of carbonyl (C=O) groups excluding carboxylic acids is 1. The molecule has 100 valence electrons. The number of benzene rings is 1. The maximum absolute atomic E-state index is 12.8. The van der Waals surface area contributed by atoms with Crippen LogP contribution in [0.15, 0.2) is 24.3 Å². The minimum atomic E-state index is -0.296. The van der Waals surface area contributed by atoms with Gasteiger partial charge in [-0.2, -0.15) is 0 Å². The summed E-state index contributed by atoms with van der Waals surface area (Å²) in [5, 5.41) is 3.04. The summed E-state index contributed by atoms with van der Waals surface area (Å²) in [6, 6.07) is 5.96. The first-order valence-corrected chi connectivity index (χ1v) is 6.15. The monoisotopic (exact) mass is 252 g/mol. The quantitative estimate of drug-likeness (QED) is 0.872. The fraction of sp³-hybridized carbons (Fsp3) is 0.500. The molecular weight excluding hydrogens is 231 g/mol. The van der Waals surface area contributed by atoms with Crippen LogP contribution in [0, 0.1) is 17.7 Å². The smallest absolute Gasteiger partial charge is 0.231 e. The summed E-state index contributed by atoms with van der Waals surface area (Å²) in [6.45, 7) is 4.69. The Morgan fingerprint density at radius 3 is 2.33 bits per heavy atom. The lowest BCUT2D eigenvalue weighted by molar-refractivity contribution is -0.123. The molecule has 0 bridgehead atoms. The van der Waals surface area contributed by atoms with Crippen LogP contribution in [0.3, 0.4) is 0 Å². The van der Waals surface area contributed by atoms with Crippen LogP contribution in [-0.4, -0.2) is 26.5 Å². The minimum Gasteiger partial charge on any atom is -0.319 e. The predicted molar refractivity (Wildman–Crippen MR) is 72.1 cm³/mol. The van der Waals surface area contributed by atoms with Crippen LogP contribution in [0.25, 0.3) is 0 Å². The molecule has 0 spiro atoms. The van der Waals surface area contributed by atoms with Gasteiger partial charge in [0.05, 0.1) is 5.92 Å². The van der Waals surface area contributed by atoms with Gasteiger partial charge in [-0.1, -0.05) is 13.8 Å². The van der Waals surface area contributed by atoms with E-state index in [2.05, 4.69) is 5.32 Å². The number of rotatable bonds is 5. The molecule has 1 atom stereocenters. The van der Waals surface area contributed by atoms with Crippen molar-refractivity contribution >= 4 is 11.6 Å². The van der Waals surface area contributed by atoms with Gasteiger partial charge in [0, 0.05) is 19.3 Å². The summed E-state index contributed by atoms with van der Waals surface area (Å²) in [5.41, 5.74) is 0.711. The molecule has 1 amide bonds. The van der Waals surface area contributed by atoms with Gasteiger partial charge >= 0.3 is 0 Å². The van der Waals surface area contributed by atoms with Crippen molar-refractivity contribution in [1.82, 2.24) is 5.32 Å². The van der Waals surface area contributed by atoms with Gasteiger partial charge in [-0.3, -0.25) is 4.79 Å². The van der Waals surface area contributed by atoms with Crippen LogP contribution >= 0.6 is 0 Å². The number of hydrogen-bond donors (Lipinski definition) is 1. The van der Waals surface area contributed by atoms with Gasteiger partial charge in [0.25, 0.3) is 0 Å². The third-order valence-corrected chi connectivity index (χ3v) is 3.09. The third kappa shape index (κ3) is 3.53. The molecule has 0 aliphatic carbocycles. The molecule has 18 heavy (non-hydrogen) atoms. The zero-order valence-corrected chi connectivity index (χ0v) is 11.4. The molecule has 0 saturated carbocycles. The van der Waals surface area contributed by atoms with Gasteiger partial charge in [-0.25, -0.2) is 4.39 Å². The van der Waals surface area contributed by atoms with Crippen molar-refractivity contribution in [2.75, 3.05) is 25.5 Å². The summed E-state index contributed by atoms with van der Waals surface area (Å²) < 4.78 is 12.8. The largest absolute Gasteiger partial charge is 0.319 e. The van der Waals surface area contributed by atoms with Gasteiger partial charge in [-0.15, -0.1) is 0 Å². The number of nitrogens with zero attached hydrogens (tertiary/aromatic N) is 1. The highest BCUT2D eigenvalue weighted by atomic mass is 19.1. The van der Waals surface area contributed by atoms with Crippen LogP contribution in [0.4, 0.5) is 10.1 Å². The van der Waals surface area contributed by atoms with E-state index in [0.29, 0.717) is 12.2 Å². The zero-order valence-electron chi connectivity index (χ0n) is 11.4. The average Bonchev–Trinajstić information content (AvgIpc) is 2.35. The Bertz CT molecular complexity index is 389. The van der Waals surface area contributed by atoms with E-state index in [0.717, 1.165) is 0 Å².